The molecule has 0 aliphatic rings. The molecule has 0 saturated heterocycles. The molecule has 76 valence electrons. The van der Waals surface area contributed by atoms with Gasteiger partial charge < -0.3 is 32.9 Å². The van der Waals surface area contributed by atoms with E-state index in [0.717, 1.165) is 23.2 Å². The number of halogens is 1. The Kier molecular flexibility index (Phi) is 4.99. The summed E-state index contributed by atoms with van der Waals surface area (Å²) in [5.41, 5.74) is 1.27. The number of hydrogen-bond donors (Lipinski definition) is 0. The highest BCUT2D eigenvalue weighted by molar-refractivity contribution is 5.14. The lowest BCUT2D eigenvalue weighted by Gasteiger charge is -2.23. The first-order valence-corrected chi connectivity index (χ1v) is 4.32. The predicted octanol–water partition coefficient (Wildman–Crippen LogP) is -1.16. The van der Waals surface area contributed by atoms with Crippen molar-refractivity contribution in [2.45, 2.75) is 13.3 Å². The Bertz CT molecular complexity index is 250. The molecule has 0 spiro atoms. The van der Waals surface area contributed by atoms with Crippen molar-refractivity contribution in [1.82, 2.24) is 0 Å². The van der Waals surface area contributed by atoms with Crippen molar-refractivity contribution in [1.29, 1.82) is 0 Å². The third-order valence-electron chi connectivity index (χ3n) is 1.98. The van der Waals surface area contributed by atoms with Gasteiger partial charge in [-0.25, -0.2) is 0 Å². The Morgan fingerprint density at radius 2 is 1.92 bits per heavy atom. The molecule has 0 fully saturated rings. The number of furan rings is 1. The van der Waals surface area contributed by atoms with E-state index in [0.29, 0.717) is 0 Å². The lowest BCUT2D eigenvalue weighted by molar-refractivity contribution is -0.870. The fraction of sp³-hybridized carbons (Fsp3) is 0.600. The predicted molar refractivity (Wildman–Crippen MR) is 50.0 cm³/mol. The summed E-state index contributed by atoms with van der Waals surface area (Å²) in [5.74, 6) is 1.13. The topological polar surface area (TPSA) is 13.1 Å². The molecule has 0 saturated carbocycles. The van der Waals surface area contributed by atoms with E-state index in [2.05, 4.69) is 28.1 Å². The van der Waals surface area contributed by atoms with Crippen LogP contribution in [0.3, 0.4) is 0 Å². The summed E-state index contributed by atoms with van der Waals surface area (Å²) in [6.07, 6.45) is 2.79. The molecular formula is C10H18INO. The summed E-state index contributed by atoms with van der Waals surface area (Å²) < 4.78 is 6.34. The van der Waals surface area contributed by atoms with Gasteiger partial charge in [0.2, 0.25) is 0 Å². The standard InChI is InChI=1S/C10H18NO.HI/c1-9-6-8-12-10(9)5-7-11(2,3)4;/h6,8H,5,7H2,1-4H3;1H/q+1;/p-1. The zero-order chi connectivity index (χ0) is 9.19. The Morgan fingerprint density at radius 3 is 2.31 bits per heavy atom. The second-order valence-corrected chi connectivity index (χ2v) is 4.29. The molecule has 0 bridgehead atoms. The van der Waals surface area contributed by atoms with Gasteiger partial charge in [0.25, 0.3) is 0 Å². The average molecular weight is 295 g/mol. The van der Waals surface area contributed by atoms with Gasteiger partial charge >= 0.3 is 0 Å². The Balaban J connectivity index is 0.00000144. The van der Waals surface area contributed by atoms with Gasteiger partial charge in [-0.3, -0.25) is 0 Å². The van der Waals surface area contributed by atoms with Crippen LogP contribution in [0.1, 0.15) is 11.3 Å². The molecule has 1 aromatic heterocycles. The number of nitrogens with zero attached hydrogens (tertiary/aromatic N) is 1. The molecule has 1 aromatic rings. The molecule has 2 nitrogen and oxygen atoms in total. The zero-order valence-electron chi connectivity index (χ0n) is 8.80. The highest BCUT2D eigenvalue weighted by Crippen LogP contribution is 2.10. The summed E-state index contributed by atoms with van der Waals surface area (Å²) in [5, 5.41) is 0. The van der Waals surface area contributed by atoms with Crippen LogP contribution in [0.25, 0.3) is 0 Å². The second-order valence-electron chi connectivity index (χ2n) is 4.29. The van der Waals surface area contributed by atoms with Crippen molar-refractivity contribution in [2.24, 2.45) is 0 Å². The minimum Gasteiger partial charge on any atom is -1.00 e. The normalized spacial score (nSPS) is 11.1. The molecule has 3 heteroatoms. The van der Waals surface area contributed by atoms with E-state index < -0.39 is 0 Å². The van der Waals surface area contributed by atoms with Crippen LogP contribution in [0.15, 0.2) is 16.7 Å². The summed E-state index contributed by atoms with van der Waals surface area (Å²) in [4.78, 5) is 0. The summed E-state index contributed by atoms with van der Waals surface area (Å²) in [6, 6.07) is 2.02. The average Bonchev–Trinajstić information content (AvgIpc) is 2.29. The van der Waals surface area contributed by atoms with E-state index in [4.69, 9.17) is 4.42 Å². The fourth-order valence-electron chi connectivity index (χ4n) is 1.10. The van der Waals surface area contributed by atoms with Gasteiger partial charge in [0.15, 0.2) is 0 Å². The first-order valence-electron chi connectivity index (χ1n) is 4.32. The van der Waals surface area contributed by atoms with E-state index >= 15 is 0 Å². The van der Waals surface area contributed by atoms with Crippen molar-refractivity contribution in [2.75, 3.05) is 27.7 Å². The molecule has 0 amide bonds. The number of quaternary nitrogens is 1. The molecule has 0 unspecified atom stereocenters. The third kappa shape index (κ3) is 4.67. The van der Waals surface area contributed by atoms with Gasteiger partial charge in [0.1, 0.15) is 5.76 Å². The van der Waals surface area contributed by atoms with Gasteiger partial charge in [0.05, 0.1) is 40.4 Å². The summed E-state index contributed by atoms with van der Waals surface area (Å²) in [7, 11) is 6.58. The van der Waals surface area contributed by atoms with Crippen LogP contribution in [-0.2, 0) is 6.42 Å². The first-order chi connectivity index (χ1) is 5.49. The smallest absolute Gasteiger partial charge is 0.112 e. The monoisotopic (exact) mass is 295 g/mol. The SMILES string of the molecule is Cc1ccoc1CC[N+](C)(C)C.[I-]. The fourth-order valence-corrected chi connectivity index (χ4v) is 1.10. The molecular weight excluding hydrogens is 277 g/mol. The number of rotatable bonds is 3. The highest BCUT2D eigenvalue weighted by atomic mass is 127. The number of likely N-dealkylation sites (N-methyl/N-ethyl adjacent to an activating group) is 1. The molecule has 13 heavy (non-hydrogen) atoms. The lowest BCUT2D eigenvalue weighted by atomic mass is 10.2. The molecule has 1 rings (SSSR count). The number of hydrogen-bond acceptors (Lipinski definition) is 1. The molecule has 1 heterocycles. The maximum absolute atomic E-state index is 5.35. The van der Waals surface area contributed by atoms with Crippen LogP contribution >= 0.6 is 0 Å². The minimum absolute atomic E-state index is 0. The zero-order valence-corrected chi connectivity index (χ0v) is 11.0. The Hall–Kier alpha value is -0.0300. The van der Waals surface area contributed by atoms with Gasteiger partial charge in [-0.1, -0.05) is 0 Å². The van der Waals surface area contributed by atoms with E-state index in [1.54, 1.807) is 6.26 Å². The van der Waals surface area contributed by atoms with Crippen molar-refractivity contribution < 1.29 is 32.9 Å². The van der Waals surface area contributed by atoms with Gasteiger partial charge in [-0.15, -0.1) is 0 Å². The largest absolute Gasteiger partial charge is 1.00 e. The minimum atomic E-state index is 0. The van der Waals surface area contributed by atoms with Crippen molar-refractivity contribution >= 4 is 0 Å². The third-order valence-corrected chi connectivity index (χ3v) is 1.98. The summed E-state index contributed by atoms with van der Waals surface area (Å²) in [6.45, 7) is 3.21. The molecule has 0 aliphatic carbocycles. The highest BCUT2D eigenvalue weighted by Gasteiger charge is 2.09. The summed E-state index contributed by atoms with van der Waals surface area (Å²) >= 11 is 0. The maximum Gasteiger partial charge on any atom is 0.112 e. The van der Waals surface area contributed by atoms with Crippen LogP contribution in [-0.4, -0.2) is 32.2 Å². The van der Waals surface area contributed by atoms with Crippen LogP contribution in [0, 0.1) is 6.92 Å². The van der Waals surface area contributed by atoms with E-state index in [-0.39, 0.29) is 24.0 Å². The molecule has 0 radical (unpaired) electrons. The van der Waals surface area contributed by atoms with Crippen LogP contribution < -0.4 is 24.0 Å². The molecule has 0 aromatic carbocycles. The van der Waals surface area contributed by atoms with Crippen LogP contribution in [0.5, 0.6) is 0 Å². The first kappa shape index (κ1) is 13.0. The molecule has 0 N–H and O–H groups in total. The van der Waals surface area contributed by atoms with Gasteiger partial charge in [-0.2, -0.15) is 0 Å². The number of aryl methyl sites for hydroxylation is 1. The lowest BCUT2D eigenvalue weighted by Crippen LogP contribution is -3.00. The van der Waals surface area contributed by atoms with E-state index in [1.807, 2.05) is 6.07 Å². The van der Waals surface area contributed by atoms with Crippen molar-refractivity contribution in [3.8, 4) is 0 Å². The van der Waals surface area contributed by atoms with Crippen molar-refractivity contribution in [3.05, 3.63) is 23.7 Å². The second kappa shape index (κ2) is 5.00. The van der Waals surface area contributed by atoms with Crippen LogP contribution in [0.2, 0.25) is 0 Å². The molecule has 0 aliphatic heterocycles. The maximum atomic E-state index is 5.35. The van der Waals surface area contributed by atoms with E-state index in [1.165, 1.54) is 5.56 Å². The Morgan fingerprint density at radius 1 is 1.31 bits per heavy atom. The quantitative estimate of drug-likeness (QED) is 0.506. The van der Waals surface area contributed by atoms with E-state index in [9.17, 15) is 0 Å². The van der Waals surface area contributed by atoms with Gasteiger partial charge in [-0.05, 0) is 18.6 Å². The van der Waals surface area contributed by atoms with Crippen molar-refractivity contribution in [3.63, 3.8) is 0 Å². The molecule has 0 atom stereocenters. The van der Waals surface area contributed by atoms with Gasteiger partial charge in [0, 0.05) is 0 Å². The van der Waals surface area contributed by atoms with Crippen LogP contribution in [0.4, 0.5) is 0 Å². The Labute approximate surface area is 97.5 Å².